The van der Waals surface area contributed by atoms with Gasteiger partial charge in [-0.3, -0.25) is 9.59 Å². The molecule has 25 heavy (non-hydrogen) atoms. The van der Waals surface area contributed by atoms with Crippen molar-refractivity contribution in [2.24, 2.45) is 11.8 Å². The molecule has 0 spiro atoms. The van der Waals surface area contributed by atoms with Crippen molar-refractivity contribution in [2.45, 2.75) is 37.9 Å². The highest BCUT2D eigenvalue weighted by Crippen LogP contribution is 2.61. The van der Waals surface area contributed by atoms with E-state index in [2.05, 4.69) is 0 Å². The average molecular weight is 356 g/mol. The van der Waals surface area contributed by atoms with Crippen LogP contribution in [0, 0.1) is 11.8 Å². The third-order valence-corrected chi connectivity index (χ3v) is 6.62. The van der Waals surface area contributed by atoms with E-state index >= 15 is 0 Å². The molecule has 0 saturated carbocycles. The lowest BCUT2D eigenvalue weighted by molar-refractivity contribution is -0.129. The Bertz CT molecular complexity index is 923. The van der Waals surface area contributed by atoms with E-state index in [1.54, 1.807) is 12.1 Å². The van der Waals surface area contributed by atoms with Crippen molar-refractivity contribution in [3.8, 4) is 0 Å². The minimum Gasteiger partial charge on any atom is -0.367 e. The smallest absolute Gasteiger partial charge is 0.240 e. The Kier molecular flexibility index (Phi) is 2.84. The van der Waals surface area contributed by atoms with E-state index in [-0.39, 0.29) is 11.8 Å². The Morgan fingerprint density at radius 3 is 2.12 bits per heavy atom. The number of benzene rings is 2. The lowest BCUT2D eigenvalue weighted by atomic mass is 9.69. The number of fused-ring (bicyclic) bond motifs is 6. The highest BCUT2D eigenvalue weighted by Gasteiger charge is 2.72. The van der Waals surface area contributed by atoms with Gasteiger partial charge in [0.05, 0.1) is 28.7 Å². The van der Waals surface area contributed by atoms with E-state index in [0.717, 1.165) is 23.6 Å². The summed E-state index contributed by atoms with van der Waals surface area (Å²) in [6.07, 6.45) is 1.64. The number of ether oxygens (including phenoxy) is 1. The number of rotatable bonds is 1. The van der Waals surface area contributed by atoms with E-state index in [9.17, 15) is 9.59 Å². The van der Waals surface area contributed by atoms with Gasteiger partial charge in [-0.05, 0) is 38.8 Å². The molecule has 4 nitrogen and oxygen atoms in total. The van der Waals surface area contributed by atoms with Gasteiger partial charge >= 0.3 is 0 Å². The summed E-state index contributed by atoms with van der Waals surface area (Å²) in [5, 5.41) is 2.28. The number of halogens is 1. The fraction of sp³-hybridized carbons (Fsp3) is 0.400. The van der Waals surface area contributed by atoms with Gasteiger partial charge in [0.2, 0.25) is 11.8 Å². The van der Waals surface area contributed by atoms with Gasteiger partial charge in [-0.2, -0.15) is 0 Å². The molecule has 0 N–H and O–H groups in total. The lowest BCUT2D eigenvalue weighted by Crippen LogP contribution is -2.40. The summed E-state index contributed by atoms with van der Waals surface area (Å²) < 4.78 is 6.16. The second-order valence-electron chi connectivity index (χ2n) is 7.81. The third kappa shape index (κ3) is 1.76. The number of hydrogen-bond acceptors (Lipinski definition) is 3. The molecule has 3 fully saturated rings. The van der Waals surface area contributed by atoms with Crippen LogP contribution >= 0.6 is 11.6 Å². The molecule has 0 aromatic heterocycles. The van der Waals surface area contributed by atoms with Crippen molar-refractivity contribution >= 4 is 39.9 Å². The topological polar surface area (TPSA) is 46.6 Å². The molecule has 3 saturated heterocycles. The van der Waals surface area contributed by atoms with Crippen LogP contribution in [0.5, 0.6) is 0 Å². The van der Waals surface area contributed by atoms with Crippen molar-refractivity contribution in [2.75, 3.05) is 4.90 Å². The first-order chi connectivity index (χ1) is 11.9. The van der Waals surface area contributed by atoms with Crippen LogP contribution in [0.15, 0.2) is 36.4 Å². The van der Waals surface area contributed by atoms with Gasteiger partial charge in [-0.15, -0.1) is 0 Å². The zero-order chi connectivity index (χ0) is 17.6. The molecule has 0 radical (unpaired) electrons. The fourth-order valence-electron chi connectivity index (χ4n) is 5.15. The standard InChI is InChI=1S/C20H18ClNO3/c1-19-9-10-20(2,25-19)16-15(19)17(23)22(18(16)24)14-8-7-13(21)11-5-3-4-6-12(11)14/h3-8,15-16H,9-10H2,1-2H3/t15-,16+,19-,20+. The van der Waals surface area contributed by atoms with E-state index in [4.69, 9.17) is 16.3 Å². The number of carbonyl (C=O) groups is 2. The summed E-state index contributed by atoms with van der Waals surface area (Å²) in [7, 11) is 0. The number of anilines is 1. The minimum atomic E-state index is -0.539. The molecule has 0 unspecified atom stereocenters. The number of hydrogen-bond donors (Lipinski definition) is 0. The zero-order valence-corrected chi connectivity index (χ0v) is 14.8. The number of amides is 2. The molecular weight excluding hydrogens is 338 g/mol. The van der Waals surface area contributed by atoms with Crippen LogP contribution in [0.1, 0.15) is 26.7 Å². The molecule has 2 amide bonds. The molecule has 5 rings (SSSR count). The van der Waals surface area contributed by atoms with E-state index < -0.39 is 23.0 Å². The quantitative estimate of drug-likeness (QED) is 0.728. The molecular formula is C20H18ClNO3. The van der Waals surface area contributed by atoms with E-state index in [1.165, 1.54) is 4.90 Å². The summed E-state index contributed by atoms with van der Waals surface area (Å²) in [6, 6.07) is 11.1. The maximum absolute atomic E-state index is 13.3. The average Bonchev–Trinajstić information content (AvgIpc) is 3.13. The summed E-state index contributed by atoms with van der Waals surface area (Å²) in [5.41, 5.74) is -0.456. The lowest BCUT2D eigenvalue weighted by Gasteiger charge is -2.27. The largest absolute Gasteiger partial charge is 0.367 e. The van der Waals surface area contributed by atoms with Crippen molar-refractivity contribution in [3.63, 3.8) is 0 Å². The van der Waals surface area contributed by atoms with Crippen LogP contribution in [-0.4, -0.2) is 23.0 Å². The van der Waals surface area contributed by atoms with E-state index in [1.807, 2.05) is 38.1 Å². The Balaban J connectivity index is 1.69. The van der Waals surface area contributed by atoms with Crippen molar-refractivity contribution in [1.82, 2.24) is 0 Å². The highest BCUT2D eigenvalue weighted by atomic mass is 35.5. The van der Waals surface area contributed by atoms with E-state index in [0.29, 0.717) is 10.7 Å². The first-order valence-electron chi connectivity index (χ1n) is 8.61. The maximum atomic E-state index is 13.3. The third-order valence-electron chi connectivity index (χ3n) is 6.29. The monoisotopic (exact) mass is 355 g/mol. The van der Waals surface area contributed by atoms with Crippen LogP contribution in [0.4, 0.5) is 5.69 Å². The SMILES string of the molecule is C[C@]12CC[C@](C)(O1)[C@@H]1C(=O)N(c3ccc(Cl)c4ccccc34)C(=O)[C@@H]12. The molecule has 2 aromatic rings. The highest BCUT2D eigenvalue weighted by molar-refractivity contribution is 6.37. The van der Waals surface area contributed by atoms with Gasteiger partial charge in [-0.1, -0.05) is 35.9 Å². The molecule has 3 aliphatic rings. The summed E-state index contributed by atoms with van der Waals surface area (Å²) in [5.74, 6) is -1.08. The summed E-state index contributed by atoms with van der Waals surface area (Å²) in [4.78, 5) is 27.9. The van der Waals surface area contributed by atoms with Gasteiger partial charge in [0, 0.05) is 15.8 Å². The van der Waals surface area contributed by atoms with Gasteiger partial charge in [-0.25, -0.2) is 4.90 Å². The normalized spacial score (nSPS) is 36.5. The first kappa shape index (κ1) is 15.4. The molecule has 3 aliphatic heterocycles. The van der Waals surface area contributed by atoms with Gasteiger partial charge < -0.3 is 4.74 Å². The van der Waals surface area contributed by atoms with Gasteiger partial charge in [0.1, 0.15) is 0 Å². The molecule has 3 heterocycles. The molecule has 4 atom stereocenters. The van der Waals surface area contributed by atoms with Crippen molar-refractivity contribution < 1.29 is 14.3 Å². The maximum Gasteiger partial charge on any atom is 0.240 e. The Labute approximate surface area is 150 Å². The molecule has 0 aliphatic carbocycles. The van der Waals surface area contributed by atoms with Crippen LogP contribution in [0.3, 0.4) is 0 Å². The Hall–Kier alpha value is -1.91. The van der Waals surface area contributed by atoms with Gasteiger partial charge in [0.25, 0.3) is 0 Å². The fourth-order valence-corrected chi connectivity index (χ4v) is 5.38. The minimum absolute atomic E-state index is 0.145. The second-order valence-corrected chi connectivity index (χ2v) is 8.21. The van der Waals surface area contributed by atoms with Gasteiger partial charge in [0.15, 0.2) is 0 Å². The molecule has 128 valence electrons. The molecule has 2 aromatic carbocycles. The summed E-state index contributed by atoms with van der Waals surface area (Å²) >= 11 is 6.30. The summed E-state index contributed by atoms with van der Waals surface area (Å²) in [6.45, 7) is 3.94. The molecule has 2 bridgehead atoms. The van der Waals surface area contributed by atoms with Crippen molar-refractivity contribution in [1.29, 1.82) is 0 Å². The number of carbonyl (C=O) groups excluding carboxylic acids is 2. The predicted octanol–water partition coefficient (Wildman–Crippen LogP) is 3.94. The first-order valence-corrected chi connectivity index (χ1v) is 8.99. The second kappa shape index (κ2) is 4.63. The number of imide groups is 1. The van der Waals surface area contributed by atoms with Crippen LogP contribution in [0.25, 0.3) is 10.8 Å². The molecule has 5 heteroatoms. The zero-order valence-electron chi connectivity index (χ0n) is 14.1. The van der Waals surface area contributed by atoms with Crippen LogP contribution < -0.4 is 4.90 Å². The van der Waals surface area contributed by atoms with Crippen LogP contribution in [-0.2, 0) is 14.3 Å². The number of nitrogens with zero attached hydrogens (tertiary/aromatic N) is 1. The predicted molar refractivity (Wildman–Crippen MR) is 95.6 cm³/mol. The Morgan fingerprint density at radius 1 is 0.960 bits per heavy atom. The van der Waals surface area contributed by atoms with Crippen LogP contribution in [0.2, 0.25) is 5.02 Å². The Morgan fingerprint density at radius 2 is 1.52 bits per heavy atom. The van der Waals surface area contributed by atoms with Crippen molar-refractivity contribution in [3.05, 3.63) is 41.4 Å².